The first kappa shape index (κ1) is 8.94. The molecule has 0 aliphatic carbocycles. The highest BCUT2D eigenvalue weighted by Gasteiger charge is 1.27. The fourth-order valence-electron chi connectivity index (χ4n) is 0. The Labute approximate surface area is 27.7 Å². The van der Waals surface area contributed by atoms with Crippen molar-refractivity contribution in [2.75, 3.05) is 0 Å². The van der Waals surface area contributed by atoms with Crippen LogP contribution in [-0.2, 0) is 5.04 Å². The molecule has 0 fully saturated rings. The minimum Gasteiger partial charge on any atom is -0.221 e. The van der Waals surface area contributed by atoms with Gasteiger partial charge in [0.1, 0.15) is 0 Å². The fourth-order valence-corrected chi connectivity index (χ4v) is 0. The summed E-state index contributed by atoms with van der Waals surface area (Å²) in [6, 6.07) is 0. The molecule has 2 N–H and O–H groups in total. The second-order valence-corrected chi connectivity index (χ2v) is 0.0816. The third-order valence-corrected chi connectivity index (χ3v) is 0. The molecule has 0 aliphatic heterocycles. The maximum absolute atomic E-state index is 6.62. The number of rotatable bonds is 0. The van der Waals surface area contributed by atoms with Crippen molar-refractivity contribution in [3.63, 3.8) is 0 Å². The van der Waals surface area contributed by atoms with E-state index in [-0.39, 0.29) is 11.0 Å². The van der Waals surface area contributed by atoms with Crippen LogP contribution in [0.5, 0.6) is 0 Å². The van der Waals surface area contributed by atoms with Crippen molar-refractivity contribution in [2.45, 2.75) is 0 Å². The molecule has 0 saturated heterocycles. The topological polar surface area (TPSA) is 49.7 Å². The largest absolute Gasteiger partial charge is 0.221 e. The highest BCUT2D eigenvalue weighted by atomic mass is 28.1. The zero-order valence-corrected chi connectivity index (χ0v) is 1.30. The molecule has 0 rings (SSSR count). The van der Waals surface area contributed by atoms with Crippen molar-refractivity contribution in [2.24, 2.45) is 0 Å². The lowest BCUT2D eigenvalue weighted by Gasteiger charge is -1.56. The smallest absolute Gasteiger partial charge is 0.0149 e. The van der Waals surface area contributed by atoms with Gasteiger partial charge in [-0.3, -0.25) is 0 Å². The zero-order chi connectivity index (χ0) is 2.71. The molecule has 4 heavy (non-hydrogen) atoms. The Morgan fingerprint density at radius 1 is 1.25 bits per heavy atom. The lowest BCUT2D eigenvalue weighted by atomic mass is 14.6. The average molecular weight is 82.1 g/mol. The van der Waals surface area contributed by atoms with Gasteiger partial charge in [-0.1, -0.05) is 5.04 Å². The molecule has 0 atom stereocenters. The lowest BCUT2D eigenvalue weighted by Crippen LogP contribution is -1.60. The third-order valence-electron chi connectivity index (χ3n) is 0. The Balaban J connectivity index is 0. The standard InChI is InChI=1S/H2O3.H4Si/c1-3-2;/h1-2H;1H4. The second kappa shape index (κ2) is 11.3. The van der Waals surface area contributed by atoms with Crippen molar-refractivity contribution in [1.29, 1.82) is 0 Å². The van der Waals surface area contributed by atoms with Crippen LogP contribution in [0, 0.1) is 0 Å². The van der Waals surface area contributed by atoms with E-state index in [1.807, 2.05) is 0 Å². The Morgan fingerprint density at radius 2 is 1.25 bits per heavy atom. The highest BCUT2D eigenvalue weighted by Crippen LogP contribution is 1.24. The van der Waals surface area contributed by atoms with Crippen LogP contribution < -0.4 is 0 Å². The van der Waals surface area contributed by atoms with Crippen molar-refractivity contribution < 1.29 is 15.6 Å². The molecule has 0 aromatic carbocycles. The van der Waals surface area contributed by atoms with Crippen LogP contribution >= 0.6 is 0 Å². The van der Waals surface area contributed by atoms with Crippen LogP contribution in [0.2, 0.25) is 0 Å². The van der Waals surface area contributed by atoms with Gasteiger partial charge in [-0.05, 0) is 11.0 Å². The SMILES string of the molecule is OOO.[SiH4]. The maximum atomic E-state index is 6.62. The quantitative estimate of drug-likeness (QED) is 0.212. The van der Waals surface area contributed by atoms with Crippen LogP contribution in [0.15, 0.2) is 0 Å². The summed E-state index contributed by atoms with van der Waals surface area (Å²) in [5.74, 6) is 0. The van der Waals surface area contributed by atoms with Gasteiger partial charge < -0.3 is 0 Å². The molecule has 0 aromatic rings. The fraction of sp³-hybridized carbons (Fsp3) is 0. The van der Waals surface area contributed by atoms with Crippen LogP contribution in [0.4, 0.5) is 0 Å². The molecule has 0 bridgehead atoms. The molecule has 0 aromatic heterocycles. The summed E-state index contributed by atoms with van der Waals surface area (Å²) in [7, 11) is 0. The molecule has 0 saturated carbocycles. The molecule has 0 radical (unpaired) electrons. The van der Waals surface area contributed by atoms with Crippen molar-refractivity contribution in [1.82, 2.24) is 0 Å². The monoisotopic (exact) mass is 82.0 g/mol. The molecule has 0 aliphatic rings. The van der Waals surface area contributed by atoms with Gasteiger partial charge >= 0.3 is 0 Å². The van der Waals surface area contributed by atoms with Gasteiger partial charge in [0.05, 0.1) is 0 Å². The van der Waals surface area contributed by atoms with Crippen LogP contribution in [0.1, 0.15) is 0 Å². The molecule has 4 heteroatoms. The summed E-state index contributed by atoms with van der Waals surface area (Å²) < 4.78 is 0. The van der Waals surface area contributed by atoms with E-state index >= 15 is 0 Å². The molecule has 0 spiro atoms. The molecule has 0 unspecified atom stereocenters. The highest BCUT2D eigenvalue weighted by molar-refractivity contribution is 5.75. The van der Waals surface area contributed by atoms with E-state index in [4.69, 9.17) is 10.5 Å². The first-order valence-corrected chi connectivity index (χ1v) is 0.365. The van der Waals surface area contributed by atoms with E-state index in [2.05, 4.69) is 5.04 Å². The summed E-state index contributed by atoms with van der Waals surface area (Å²) in [5, 5.41) is 15.5. The van der Waals surface area contributed by atoms with E-state index in [1.165, 1.54) is 0 Å². The van der Waals surface area contributed by atoms with E-state index in [0.717, 1.165) is 0 Å². The lowest BCUT2D eigenvalue weighted by molar-refractivity contribution is -0.465. The number of hydrogen-bond acceptors (Lipinski definition) is 3. The van der Waals surface area contributed by atoms with Crippen LogP contribution in [0.25, 0.3) is 0 Å². The molecule has 3 nitrogen and oxygen atoms in total. The zero-order valence-electron chi connectivity index (χ0n) is 1.30. The first-order valence-electron chi connectivity index (χ1n) is 0.365. The molecule has 0 amide bonds. The molecule has 0 heterocycles. The Hall–Kier alpha value is 0.0969. The van der Waals surface area contributed by atoms with Crippen LogP contribution in [0.3, 0.4) is 0 Å². The third kappa shape index (κ3) is 269. The summed E-state index contributed by atoms with van der Waals surface area (Å²) >= 11 is 0. The summed E-state index contributed by atoms with van der Waals surface area (Å²) in [6.07, 6.45) is 0. The van der Waals surface area contributed by atoms with Gasteiger partial charge in [-0.15, -0.1) is 0 Å². The van der Waals surface area contributed by atoms with Gasteiger partial charge in [0.2, 0.25) is 0 Å². The van der Waals surface area contributed by atoms with Gasteiger partial charge in [0.15, 0.2) is 0 Å². The van der Waals surface area contributed by atoms with E-state index in [0.29, 0.717) is 0 Å². The second-order valence-electron chi connectivity index (χ2n) is 0.0816. The van der Waals surface area contributed by atoms with E-state index in [9.17, 15) is 0 Å². The predicted octanol–water partition coefficient (Wildman–Crippen LogP) is -1.50. The maximum Gasteiger partial charge on any atom is -0.0149 e. The minimum absolute atomic E-state index is 0. The molecule has 28 valence electrons. The van der Waals surface area contributed by atoms with Crippen molar-refractivity contribution >= 4 is 11.0 Å². The predicted molar refractivity (Wildman–Crippen MR) is 17.7 cm³/mol. The summed E-state index contributed by atoms with van der Waals surface area (Å²) in [6.45, 7) is 0. The van der Waals surface area contributed by atoms with Crippen molar-refractivity contribution in [3.8, 4) is 0 Å². The van der Waals surface area contributed by atoms with Gasteiger partial charge in [-0.25, -0.2) is 10.5 Å². The van der Waals surface area contributed by atoms with Gasteiger partial charge in [0, 0.05) is 0 Å². The molecular weight excluding hydrogens is 76.1 g/mol. The first-order chi connectivity index (χ1) is 1.41. The van der Waals surface area contributed by atoms with E-state index in [1.54, 1.807) is 0 Å². The number of hydrogen-bond donors (Lipinski definition) is 2. The van der Waals surface area contributed by atoms with Gasteiger partial charge in [-0.2, -0.15) is 0 Å². The average Bonchev–Trinajstić information content (AvgIpc) is 0.918. The van der Waals surface area contributed by atoms with E-state index < -0.39 is 0 Å². The Morgan fingerprint density at radius 3 is 1.25 bits per heavy atom. The van der Waals surface area contributed by atoms with Gasteiger partial charge in [0.25, 0.3) is 0 Å². The van der Waals surface area contributed by atoms with Crippen LogP contribution in [-0.4, -0.2) is 21.5 Å². The summed E-state index contributed by atoms with van der Waals surface area (Å²) in [4.78, 5) is 0. The summed E-state index contributed by atoms with van der Waals surface area (Å²) in [5.41, 5.74) is 0. The Bertz CT molecular complexity index is 3.25. The molecular formula is H6O3Si. The Kier molecular flexibility index (Phi) is 25.3. The normalized spacial score (nSPS) is 4.50. The van der Waals surface area contributed by atoms with Crippen molar-refractivity contribution in [3.05, 3.63) is 0 Å². The minimum atomic E-state index is 0.